The van der Waals surface area contributed by atoms with Gasteiger partial charge < -0.3 is 10.4 Å². The Bertz CT molecular complexity index is 804. The van der Waals surface area contributed by atoms with Crippen molar-refractivity contribution in [3.63, 3.8) is 0 Å². The van der Waals surface area contributed by atoms with Gasteiger partial charge in [0.15, 0.2) is 0 Å². The maximum absolute atomic E-state index is 12.5. The van der Waals surface area contributed by atoms with Gasteiger partial charge >= 0.3 is 0 Å². The number of fused-ring (bicyclic) bond motifs is 1. The summed E-state index contributed by atoms with van der Waals surface area (Å²) in [5, 5.41) is 14.3. The predicted molar refractivity (Wildman–Crippen MR) is 87.9 cm³/mol. The quantitative estimate of drug-likeness (QED) is 0.765. The maximum atomic E-state index is 12.5. The van der Waals surface area contributed by atoms with Gasteiger partial charge in [0.1, 0.15) is 5.75 Å². The number of phenolic OH excluding ortho intramolecular Hbond substituents is 1. The van der Waals surface area contributed by atoms with E-state index in [2.05, 4.69) is 5.32 Å². The van der Waals surface area contributed by atoms with Crippen LogP contribution >= 0.6 is 0 Å². The molecule has 0 saturated carbocycles. The summed E-state index contributed by atoms with van der Waals surface area (Å²) < 4.78 is 0. The number of aromatic hydroxyl groups is 1. The van der Waals surface area contributed by atoms with Crippen molar-refractivity contribution in [2.24, 2.45) is 0 Å². The number of rotatable bonds is 3. The Morgan fingerprint density at radius 3 is 2.41 bits per heavy atom. The zero-order chi connectivity index (χ0) is 15.5. The molecule has 0 spiro atoms. The summed E-state index contributed by atoms with van der Waals surface area (Å²) in [6.45, 7) is 1.93. The molecule has 0 aliphatic carbocycles. The highest BCUT2D eigenvalue weighted by Crippen LogP contribution is 2.21. The molecule has 3 rings (SSSR count). The minimum Gasteiger partial charge on any atom is -0.508 e. The van der Waals surface area contributed by atoms with E-state index in [1.54, 1.807) is 12.1 Å². The molecule has 22 heavy (non-hydrogen) atoms. The largest absolute Gasteiger partial charge is 0.508 e. The molecule has 0 aliphatic rings. The molecule has 0 aliphatic heterocycles. The van der Waals surface area contributed by atoms with Gasteiger partial charge in [-0.1, -0.05) is 48.5 Å². The lowest BCUT2D eigenvalue weighted by atomic mass is 10.0. The zero-order valence-corrected chi connectivity index (χ0v) is 12.3. The molecule has 0 heterocycles. The highest BCUT2D eigenvalue weighted by Gasteiger charge is 2.13. The minimum absolute atomic E-state index is 0.0997. The fourth-order valence-corrected chi connectivity index (χ4v) is 2.54. The average molecular weight is 291 g/mol. The van der Waals surface area contributed by atoms with Crippen LogP contribution in [0.2, 0.25) is 0 Å². The number of benzene rings is 3. The molecule has 1 unspecified atom stereocenters. The molecule has 3 aromatic carbocycles. The van der Waals surface area contributed by atoms with Gasteiger partial charge in [-0.2, -0.15) is 0 Å². The predicted octanol–water partition coefficient (Wildman–Crippen LogP) is 4.04. The first-order valence-electron chi connectivity index (χ1n) is 7.23. The van der Waals surface area contributed by atoms with E-state index in [0.717, 1.165) is 16.3 Å². The van der Waals surface area contributed by atoms with Crippen molar-refractivity contribution in [1.29, 1.82) is 0 Å². The first-order chi connectivity index (χ1) is 10.6. The van der Waals surface area contributed by atoms with Crippen LogP contribution < -0.4 is 5.32 Å². The van der Waals surface area contributed by atoms with Gasteiger partial charge in [0.25, 0.3) is 5.91 Å². The number of carbonyl (C=O) groups is 1. The van der Waals surface area contributed by atoms with Crippen LogP contribution in [0.5, 0.6) is 5.75 Å². The molecule has 1 atom stereocenters. The van der Waals surface area contributed by atoms with E-state index in [0.29, 0.717) is 5.56 Å². The molecule has 2 N–H and O–H groups in total. The zero-order valence-electron chi connectivity index (χ0n) is 12.3. The number of carbonyl (C=O) groups excluding carboxylic acids is 1. The van der Waals surface area contributed by atoms with Gasteiger partial charge in [0, 0.05) is 5.56 Å². The van der Waals surface area contributed by atoms with Crippen molar-refractivity contribution in [3.8, 4) is 5.75 Å². The Morgan fingerprint density at radius 1 is 0.955 bits per heavy atom. The lowest BCUT2D eigenvalue weighted by Gasteiger charge is -2.15. The van der Waals surface area contributed by atoms with Gasteiger partial charge in [0.2, 0.25) is 0 Å². The molecule has 0 bridgehead atoms. The average Bonchev–Trinajstić information content (AvgIpc) is 2.54. The second-order valence-corrected chi connectivity index (χ2v) is 5.31. The summed E-state index contributed by atoms with van der Waals surface area (Å²) in [6.07, 6.45) is 0. The first-order valence-corrected chi connectivity index (χ1v) is 7.23. The fourth-order valence-electron chi connectivity index (χ4n) is 2.54. The van der Waals surface area contributed by atoms with Crippen LogP contribution in [0.4, 0.5) is 0 Å². The first kappa shape index (κ1) is 14.1. The van der Waals surface area contributed by atoms with Crippen molar-refractivity contribution >= 4 is 16.7 Å². The maximum Gasteiger partial charge on any atom is 0.252 e. The summed E-state index contributed by atoms with van der Waals surface area (Å²) in [6, 6.07) is 20.3. The van der Waals surface area contributed by atoms with Crippen molar-refractivity contribution in [2.75, 3.05) is 0 Å². The van der Waals surface area contributed by atoms with Gasteiger partial charge in [-0.3, -0.25) is 4.79 Å². The standard InChI is InChI=1S/C19H17NO2/c1-13(14-9-11-16(21)12-10-14)20-19(22)18-8-4-6-15-5-2-3-7-17(15)18/h2-13,21H,1H3,(H,20,22). The van der Waals surface area contributed by atoms with E-state index in [1.807, 2.05) is 61.5 Å². The third kappa shape index (κ3) is 2.79. The summed E-state index contributed by atoms with van der Waals surface area (Å²) in [4.78, 5) is 12.5. The monoisotopic (exact) mass is 291 g/mol. The van der Waals surface area contributed by atoms with Crippen LogP contribution in [0.3, 0.4) is 0 Å². The van der Waals surface area contributed by atoms with Crippen LogP contribution in [0.25, 0.3) is 10.8 Å². The van der Waals surface area contributed by atoms with E-state index in [-0.39, 0.29) is 17.7 Å². The van der Waals surface area contributed by atoms with Crippen molar-refractivity contribution < 1.29 is 9.90 Å². The van der Waals surface area contributed by atoms with E-state index in [4.69, 9.17) is 0 Å². The van der Waals surface area contributed by atoms with E-state index >= 15 is 0 Å². The second-order valence-electron chi connectivity index (χ2n) is 5.31. The summed E-state index contributed by atoms with van der Waals surface area (Å²) in [5.74, 6) is 0.119. The Balaban J connectivity index is 1.85. The number of phenols is 1. The highest BCUT2D eigenvalue weighted by atomic mass is 16.3. The van der Waals surface area contributed by atoms with Crippen LogP contribution in [-0.4, -0.2) is 11.0 Å². The normalized spacial score (nSPS) is 12.0. The smallest absolute Gasteiger partial charge is 0.252 e. The van der Waals surface area contributed by atoms with Gasteiger partial charge in [-0.25, -0.2) is 0 Å². The lowest BCUT2D eigenvalue weighted by molar-refractivity contribution is 0.0941. The highest BCUT2D eigenvalue weighted by molar-refractivity contribution is 6.07. The number of nitrogens with one attached hydrogen (secondary N) is 1. The van der Waals surface area contributed by atoms with Crippen molar-refractivity contribution in [3.05, 3.63) is 77.9 Å². The van der Waals surface area contributed by atoms with E-state index in [1.165, 1.54) is 0 Å². The summed E-state index contributed by atoms with van der Waals surface area (Å²) in [7, 11) is 0. The Kier molecular flexibility index (Phi) is 3.79. The molecular weight excluding hydrogens is 274 g/mol. The molecular formula is C19H17NO2. The minimum atomic E-state index is -0.132. The topological polar surface area (TPSA) is 49.3 Å². The molecule has 0 saturated heterocycles. The third-order valence-electron chi connectivity index (χ3n) is 3.77. The van der Waals surface area contributed by atoms with Crippen LogP contribution in [-0.2, 0) is 0 Å². The second kappa shape index (κ2) is 5.90. The van der Waals surface area contributed by atoms with Crippen LogP contribution in [0, 0.1) is 0 Å². The number of hydrogen-bond acceptors (Lipinski definition) is 2. The van der Waals surface area contributed by atoms with Gasteiger partial charge in [0.05, 0.1) is 6.04 Å². The van der Waals surface area contributed by atoms with Crippen molar-refractivity contribution in [1.82, 2.24) is 5.32 Å². The Labute approximate surface area is 129 Å². The Morgan fingerprint density at radius 2 is 1.64 bits per heavy atom. The molecule has 3 nitrogen and oxygen atoms in total. The fraction of sp³-hybridized carbons (Fsp3) is 0.105. The molecule has 110 valence electrons. The summed E-state index contributed by atoms with van der Waals surface area (Å²) >= 11 is 0. The SMILES string of the molecule is CC(NC(=O)c1cccc2ccccc12)c1ccc(O)cc1. The lowest BCUT2D eigenvalue weighted by Crippen LogP contribution is -2.26. The summed E-state index contributed by atoms with van der Waals surface area (Å²) in [5.41, 5.74) is 1.62. The van der Waals surface area contributed by atoms with Crippen molar-refractivity contribution in [2.45, 2.75) is 13.0 Å². The molecule has 3 heteroatoms. The molecule has 1 amide bonds. The molecule has 0 radical (unpaired) electrons. The number of amides is 1. The third-order valence-corrected chi connectivity index (χ3v) is 3.77. The molecule has 0 fully saturated rings. The van der Waals surface area contributed by atoms with E-state index < -0.39 is 0 Å². The van der Waals surface area contributed by atoms with E-state index in [9.17, 15) is 9.90 Å². The molecule has 3 aromatic rings. The van der Waals surface area contributed by atoms with Crippen LogP contribution in [0.1, 0.15) is 28.9 Å². The number of hydrogen-bond donors (Lipinski definition) is 2. The Hall–Kier alpha value is -2.81. The van der Waals surface area contributed by atoms with Crippen LogP contribution in [0.15, 0.2) is 66.7 Å². The molecule has 0 aromatic heterocycles. The van der Waals surface area contributed by atoms with Gasteiger partial charge in [-0.15, -0.1) is 0 Å². The van der Waals surface area contributed by atoms with Gasteiger partial charge in [-0.05, 0) is 41.5 Å².